The Morgan fingerprint density at radius 3 is 3.16 bits per heavy atom. The Balaban J connectivity index is 1.71. The first-order valence-electron chi connectivity index (χ1n) is 6.78. The van der Waals surface area contributed by atoms with Crippen LogP contribution in [0.4, 0.5) is 5.82 Å². The molecule has 6 heteroatoms. The van der Waals surface area contributed by atoms with Crippen LogP contribution >= 0.6 is 0 Å². The van der Waals surface area contributed by atoms with Crippen molar-refractivity contribution in [1.29, 1.82) is 0 Å². The lowest BCUT2D eigenvalue weighted by molar-refractivity contribution is 0.104. The van der Waals surface area contributed by atoms with Crippen molar-refractivity contribution in [1.82, 2.24) is 19.7 Å². The maximum Gasteiger partial charge on any atom is 0.163 e. The van der Waals surface area contributed by atoms with E-state index in [1.807, 2.05) is 7.05 Å². The monoisotopic (exact) mass is 261 g/mol. The van der Waals surface area contributed by atoms with Crippen LogP contribution in [0.25, 0.3) is 11.0 Å². The number of anilines is 1. The number of fused-ring (bicyclic) bond motifs is 1. The zero-order valence-electron chi connectivity index (χ0n) is 11.1. The number of rotatable bonds is 3. The molecule has 2 N–H and O–H groups in total. The van der Waals surface area contributed by atoms with Crippen molar-refractivity contribution in [2.24, 2.45) is 13.0 Å². The molecule has 0 spiro atoms. The van der Waals surface area contributed by atoms with Crippen LogP contribution < -0.4 is 5.32 Å². The summed E-state index contributed by atoms with van der Waals surface area (Å²) < 4.78 is 1.74. The SMILES string of the molecule is Cn1ncc2c(NCC3CCCC(O)C3)ncnc21. The fourth-order valence-electron chi connectivity index (χ4n) is 2.79. The number of aryl methyl sites for hydroxylation is 1. The summed E-state index contributed by atoms with van der Waals surface area (Å²) >= 11 is 0. The molecular weight excluding hydrogens is 242 g/mol. The van der Waals surface area contributed by atoms with Crippen molar-refractivity contribution < 1.29 is 5.11 Å². The highest BCUT2D eigenvalue weighted by atomic mass is 16.3. The first-order chi connectivity index (χ1) is 9.24. The zero-order chi connectivity index (χ0) is 13.2. The minimum Gasteiger partial charge on any atom is -0.393 e. The third-order valence-corrected chi connectivity index (χ3v) is 3.84. The van der Waals surface area contributed by atoms with Crippen LogP contribution in [-0.4, -0.2) is 37.5 Å². The predicted molar refractivity (Wildman–Crippen MR) is 72.8 cm³/mol. The number of aliphatic hydroxyl groups is 1. The summed E-state index contributed by atoms with van der Waals surface area (Å²) in [5.41, 5.74) is 0.834. The van der Waals surface area contributed by atoms with Gasteiger partial charge in [0.2, 0.25) is 0 Å². The molecule has 1 fully saturated rings. The van der Waals surface area contributed by atoms with E-state index in [1.165, 1.54) is 6.42 Å². The lowest BCUT2D eigenvalue weighted by atomic mass is 9.87. The van der Waals surface area contributed by atoms with Crippen molar-refractivity contribution >= 4 is 16.9 Å². The Hall–Kier alpha value is -1.69. The molecule has 0 radical (unpaired) electrons. The lowest BCUT2D eigenvalue weighted by Crippen LogP contribution is -2.25. The summed E-state index contributed by atoms with van der Waals surface area (Å²) in [5.74, 6) is 1.35. The maximum absolute atomic E-state index is 9.69. The van der Waals surface area contributed by atoms with Crippen molar-refractivity contribution in [2.45, 2.75) is 31.8 Å². The predicted octanol–water partition coefficient (Wildman–Crippen LogP) is 1.33. The fourth-order valence-corrected chi connectivity index (χ4v) is 2.79. The van der Waals surface area contributed by atoms with E-state index < -0.39 is 0 Å². The highest BCUT2D eigenvalue weighted by Crippen LogP contribution is 2.25. The van der Waals surface area contributed by atoms with E-state index >= 15 is 0 Å². The van der Waals surface area contributed by atoms with Gasteiger partial charge in [0, 0.05) is 13.6 Å². The van der Waals surface area contributed by atoms with Gasteiger partial charge in [0.25, 0.3) is 0 Å². The van der Waals surface area contributed by atoms with Gasteiger partial charge in [0.05, 0.1) is 17.7 Å². The topological polar surface area (TPSA) is 75.9 Å². The van der Waals surface area contributed by atoms with Gasteiger partial charge in [0.1, 0.15) is 12.1 Å². The second-order valence-electron chi connectivity index (χ2n) is 5.30. The Labute approximate surface area is 111 Å². The summed E-state index contributed by atoms with van der Waals surface area (Å²) in [6.45, 7) is 0.845. The average molecular weight is 261 g/mol. The first kappa shape index (κ1) is 12.3. The molecule has 6 nitrogen and oxygen atoms in total. The summed E-state index contributed by atoms with van der Waals surface area (Å²) in [5, 5.41) is 18.2. The molecule has 0 aliphatic heterocycles. The molecule has 19 heavy (non-hydrogen) atoms. The summed E-state index contributed by atoms with van der Waals surface area (Å²) in [4.78, 5) is 8.50. The molecule has 2 atom stereocenters. The van der Waals surface area contributed by atoms with E-state index in [9.17, 15) is 5.11 Å². The molecular formula is C13H19N5O. The number of aromatic nitrogens is 4. The number of aliphatic hydroxyl groups excluding tert-OH is 1. The van der Waals surface area contributed by atoms with Gasteiger partial charge in [-0.15, -0.1) is 0 Å². The van der Waals surface area contributed by atoms with Gasteiger partial charge in [-0.25, -0.2) is 9.97 Å². The molecule has 1 aliphatic carbocycles. The number of hydrogen-bond donors (Lipinski definition) is 2. The van der Waals surface area contributed by atoms with Crippen LogP contribution in [0, 0.1) is 5.92 Å². The fraction of sp³-hybridized carbons (Fsp3) is 0.615. The number of nitrogens with zero attached hydrogens (tertiary/aromatic N) is 4. The molecule has 0 bridgehead atoms. The number of nitrogens with one attached hydrogen (secondary N) is 1. The Morgan fingerprint density at radius 1 is 1.42 bits per heavy atom. The normalized spacial score (nSPS) is 23.7. The Morgan fingerprint density at radius 2 is 2.32 bits per heavy atom. The van der Waals surface area contributed by atoms with Gasteiger partial charge in [-0.1, -0.05) is 6.42 Å². The molecule has 1 saturated carbocycles. The smallest absolute Gasteiger partial charge is 0.163 e. The third-order valence-electron chi connectivity index (χ3n) is 3.84. The van der Waals surface area contributed by atoms with Gasteiger partial charge in [-0.3, -0.25) is 4.68 Å². The van der Waals surface area contributed by atoms with Gasteiger partial charge in [-0.2, -0.15) is 5.10 Å². The summed E-state index contributed by atoms with van der Waals surface area (Å²) in [6, 6.07) is 0. The second kappa shape index (κ2) is 5.13. The van der Waals surface area contributed by atoms with E-state index in [0.717, 1.165) is 42.7 Å². The third kappa shape index (κ3) is 2.53. The maximum atomic E-state index is 9.69. The molecule has 2 aromatic rings. The highest BCUT2D eigenvalue weighted by Gasteiger charge is 2.20. The molecule has 2 heterocycles. The molecule has 0 amide bonds. The average Bonchev–Trinajstić information content (AvgIpc) is 2.79. The largest absolute Gasteiger partial charge is 0.393 e. The van der Waals surface area contributed by atoms with Crippen LogP contribution in [0.15, 0.2) is 12.5 Å². The Bertz CT molecular complexity index is 567. The first-order valence-corrected chi connectivity index (χ1v) is 6.78. The minimum absolute atomic E-state index is 0.135. The summed E-state index contributed by atoms with van der Waals surface area (Å²) in [7, 11) is 1.87. The molecule has 0 aromatic carbocycles. The van der Waals surface area contributed by atoms with Crippen molar-refractivity contribution in [3.63, 3.8) is 0 Å². The molecule has 102 valence electrons. The highest BCUT2D eigenvalue weighted by molar-refractivity contribution is 5.85. The van der Waals surface area contributed by atoms with Crippen LogP contribution in [0.5, 0.6) is 0 Å². The van der Waals surface area contributed by atoms with Crippen LogP contribution in [-0.2, 0) is 7.05 Å². The number of hydrogen-bond acceptors (Lipinski definition) is 5. The lowest BCUT2D eigenvalue weighted by Gasteiger charge is -2.26. The molecule has 2 unspecified atom stereocenters. The van der Waals surface area contributed by atoms with Crippen LogP contribution in [0.3, 0.4) is 0 Å². The van der Waals surface area contributed by atoms with Crippen molar-refractivity contribution in [3.8, 4) is 0 Å². The van der Waals surface area contributed by atoms with E-state index in [4.69, 9.17) is 0 Å². The summed E-state index contributed by atoms with van der Waals surface area (Å²) in [6.07, 6.45) is 7.32. The quantitative estimate of drug-likeness (QED) is 0.871. The van der Waals surface area contributed by atoms with Crippen molar-refractivity contribution in [2.75, 3.05) is 11.9 Å². The molecule has 1 aliphatic rings. The minimum atomic E-state index is -0.135. The van der Waals surface area contributed by atoms with Crippen LogP contribution in [0.1, 0.15) is 25.7 Å². The molecule has 0 saturated heterocycles. The van der Waals surface area contributed by atoms with Gasteiger partial charge >= 0.3 is 0 Å². The van der Waals surface area contributed by atoms with Crippen LogP contribution in [0.2, 0.25) is 0 Å². The Kier molecular flexibility index (Phi) is 3.33. The van der Waals surface area contributed by atoms with E-state index in [0.29, 0.717) is 5.92 Å². The second-order valence-corrected chi connectivity index (χ2v) is 5.30. The standard InChI is InChI=1S/C13H19N5O/c1-18-13-11(7-17-18)12(15-8-16-13)14-6-9-3-2-4-10(19)5-9/h7-10,19H,2-6H2,1H3,(H,14,15,16). The van der Waals surface area contributed by atoms with Gasteiger partial charge in [-0.05, 0) is 25.2 Å². The van der Waals surface area contributed by atoms with E-state index in [2.05, 4.69) is 20.4 Å². The van der Waals surface area contributed by atoms with Gasteiger partial charge < -0.3 is 10.4 Å². The van der Waals surface area contributed by atoms with Crippen molar-refractivity contribution in [3.05, 3.63) is 12.5 Å². The van der Waals surface area contributed by atoms with E-state index in [-0.39, 0.29) is 6.10 Å². The molecule has 2 aromatic heterocycles. The zero-order valence-corrected chi connectivity index (χ0v) is 11.1. The molecule has 3 rings (SSSR count). The van der Waals surface area contributed by atoms with Gasteiger partial charge in [0.15, 0.2) is 5.65 Å². The van der Waals surface area contributed by atoms with E-state index in [1.54, 1.807) is 17.2 Å².